The third-order valence-electron chi connectivity index (χ3n) is 3.57. The number of nitrogens with one attached hydrogen (secondary N) is 1. The molecule has 0 spiro atoms. The van der Waals surface area contributed by atoms with Crippen molar-refractivity contribution in [2.75, 3.05) is 0 Å². The summed E-state index contributed by atoms with van der Waals surface area (Å²) in [7, 11) is 0. The highest BCUT2D eigenvalue weighted by Crippen LogP contribution is 2.40. The third kappa shape index (κ3) is 2.21. The fraction of sp³-hybridized carbons (Fsp3) is 0.462. The van der Waals surface area contributed by atoms with Crippen molar-refractivity contribution in [1.29, 1.82) is 0 Å². The molecule has 0 atom stereocenters. The van der Waals surface area contributed by atoms with E-state index in [9.17, 15) is 8.78 Å². The number of aromatic nitrogens is 2. The van der Waals surface area contributed by atoms with Crippen molar-refractivity contribution >= 4 is 22.6 Å². The Bertz CT molecular complexity index is 569. The Kier molecular flexibility index (Phi) is 2.77. The van der Waals surface area contributed by atoms with Crippen molar-refractivity contribution in [1.82, 2.24) is 9.97 Å². The molecule has 0 radical (unpaired) electrons. The zero-order valence-corrected chi connectivity index (χ0v) is 10.5. The summed E-state index contributed by atoms with van der Waals surface area (Å²) in [6.07, 6.45) is 0.881. The van der Waals surface area contributed by atoms with Crippen molar-refractivity contribution in [2.45, 2.75) is 37.5 Å². The lowest BCUT2D eigenvalue weighted by Crippen LogP contribution is -2.24. The summed E-state index contributed by atoms with van der Waals surface area (Å²) >= 11 is 5.90. The van der Waals surface area contributed by atoms with E-state index in [1.54, 1.807) is 6.07 Å². The molecule has 1 aliphatic rings. The van der Waals surface area contributed by atoms with Crippen LogP contribution in [0.5, 0.6) is 0 Å². The molecule has 2 aromatic rings. The molecular weight excluding hydrogens is 258 g/mol. The summed E-state index contributed by atoms with van der Waals surface area (Å²) in [5, 5.41) is 0.646. The summed E-state index contributed by atoms with van der Waals surface area (Å²) < 4.78 is 26.2. The van der Waals surface area contributed by atoms with Crippen molar-refractivity contribution in [3.63, 3.8) is 0 Å². The lowest BCUT2D eigenvalue weighted by molar-refractivity contribution is -0.0387. The van der Waals surface area contributed by atoms with Crippen LogP contribution >= 0.6 is 11.6 Å². The molecule has 1 aliphatic carbocycles. The Morgan fingerprint density at radius 2 is 2.00 bits per heavy atom. The minimum Gasteiger partial charge on any atom is -0.342 e. The molecule has 1 aromatic carbocycles. The van der Waals surface area contributed by atoms with Crippen LogP contribution in [0.2, 0.25) is 5.02 Å². The molecule has 96 valence electrons. The van der Waals surface area contributed by atoms with Crippen LogP contribution in [-0.2, 0) is 0 Å². The normalized spacial score (nSPS) is 20.4. The number of hydrogen-bond donors (Lipinski definition) is 1. The molecule has 0 amide bonds. The average molecular weight is 271 g/mol. The fourth-order valence-corrected chi connectivity index (χ4v) is 2.68. The Morgan fingerprint density at radius 3 is 2.72 bits per heavy atom. The van der Waals surface area contributed by atoms with Gasteiger partial charge < -0.3 is 4.98 Å². The molecular formula is C13H13ClF2N2. The van der Waals surface area contributed by atoms with Crippen LogP contribution in [0.1, 0.15) is 37.4 Å². The number of nitrogens with zero attached hydrogens (tertiary/aromatic N) is 1. The first kappa shape index (κ1) is 11.9. The Balaban J connectivity index is 1.87. The molecule has 2 nitrogen and oxygen atoms in total. The van der Waals surface area contributed by atoms with Gasteiger partial charge in [-0.3, -0.25) is 0 Å². The predicted octanol–water partition coefficient (Wildman–Crippen LogP) is 4.51. The van der Waals surface area contributed by atoms with Gasteiger partial charge in [0.25, 0.3) is 0 Å². The van der Waals surface area contributed by atoms with E-state index in [1.807, 2.05) is 12.1 Å². The Hall–Kier alpha value is -1.16. The quantitative estimate of drug-likeness (QED) is 0.811. The second kappa shape index (κ2) is 4.19. The molecule has 1 N–H and O–H groups in total. The van der Waals surface area contributed by atoms with E-state index < -0.39 is 5.92 Å². The standard InChI is InChI=1S/C13H13ClF2N2/c14-9-1-2-10-11(7-9)18-12(17-10)8-3-5-13(15,16)6-4-8/h1-2,7-8H,3-6H2,(H,17,18). The molecule has 3 rings (SSSR count). The van der Waals surface area contributed by atoms with Crippen LogP contribution in [0.15, 0.2) is 18.2 Å². The van der Waals surface area contributed by atoms with Gasteiger partial charge in [0.15, 0.2) is 0 Å². The highest BCUT2D eigenvalue weighted by molar-refractivity contribution is 6.31. The number of hydrogen-bond acceptors (Lipinski definition) is 1. The second-order valence-corrected chi connectivity index (χ2v) is 5.35. The number of rotatable bonds is 1. The number of alkyl halides is 2. The van der Waals surface area contributed by atoms with Gasteiger partial charge in [0.2, 0.25) is 5.92 Å². The summed E-state index contributed by atoms with van der Waals surface area (Å²) in [6.45, 7) is 0. The summed E-state index contributed by atoms with van der Waals surface area (Å²) in [5.74, 6) is -1.58. The number of imidazole rings is 1. The zero-order valence-electron chi connectivity index (χ0n) is 9.72. The smallest absolute Gasteiger partial charge is 0.248 e. The van der Waals surface area contributed by atoms with Crippen LogP contribution in [0.25, 0.3) is 11.0 Å². The lowest BCUT2D eigenvalue weighted by atomic mass is 9.86. The van der Waals surface area contributed by atoms with Crippen molar-refractivity contribution in [2.24, 2.45) is 0 Å². The van der Waals surface area contributed by atoms with Gasteiger partial charge in [-0.1, -0.05) is 11.6 Å². The predicted molar refractivity (Wildman–Crippen MR) is 67.3 cm³/mol. The Labute approximate surface area is 108 Å². The molecule has 0 unspecified atom stereocenters. The molecule has 0 bridgehead atoms. The van der Waals surface area contributed by atoms with Crippen molar-refractivity contribution in [3.05, 3.63) is 29.0 Å². The lowest BCUT2D eigenvalue weighted by Gasteiger charge is -2.26. The maximum absolute atomic E-state index is 13.1. The molecule has 0 aliphatic heterocycles. The first-order valence-electron chi connectivity index (χ1n) is 6.06. The summed E-state index contributed by atoms with van der Waals surface area (Å²) in [4.78, 5) is 7.66. The minimum atomic E-state index is -2.49. The Morgan fingerprint density at radius 1 is 1.28 bits per heavy atom. The highest BCUT2D eigenvalue weighted by Gasteiger charge is 2.36. The number of fused-ring (bicyclic) bond motifs is 1. The molecule has 1 heterocycles. The molecule has 5 heteroatoms. The highest BCUT2D eigenvalue weighted by atomic mass is 35.5. The molecule has 1 saturated carbocycles. The molecule has 1 fully saturated rings. The summed E-state index contributed by atoms with van der Waals surface area (Å²) in [5.41, 5.74) is 1.71. The number of aromatic amines is 1. The van der Waals surface area contributed by atoms with E-state index >= 15 is 0 Å². The molecule has 1 aromatic heterocycles. The zero-order chi connectivity index (χ0) is 12.8. The average Bonchev–Trinajstić information content (AvgIpc) is 2.71. The number of halogens is 3. The largest absolute Gasteiger partial charge is 0.342 e. The van der Waals surface area contributed by atoms with E-state index in [0.717, 1.165) is 16.9 Å². The molecule has 0 saturated heterocycles. The van der Waals surface area contributed by atoms with E-state index in [4.69, 9.17) is 11.6 Å². The van der Waals surface area contributed by atoms with Gasteiger partial charge >= 0.3 is 0 Å². The van der Waals surface area contributed by atoms with Gasteiger partial charge in [0, 0.05) is 23.8 Å². The SMILES string of the molecule is FC1(F)CCC(c2nc3ccc(Cl)cc3[nH]2)CC1. The fourth-order valence-electron chi connectivity index (χ4n) is 2.51. The van der Waals surface area contributed by atoms with E-state index in [0.29, 0.717) is 17.9 Å². The van der Waals surface area contributed by atoms with E-state index in [2.05, 4.69) is 9.97 Å². The van der Waals surface area contributed by atoms with Crippen LogP contribution in [0.4, 0.5) is 8.78 Å². The van der Waals surface area contributed by atoms with Crippen molar-refractivity contribution < 1.29 is 8.78 Å². The van der Waals surface area contributed by atoms with E-state index in [-0.39, 0.29) is 18.8 Å². The van der Waals surface area contributed by atoms with Crippen LogP contribution in [-0.4, -0.2) is 15.9 Å². The number of H-pyrrole nitrogens is 1. The maximum Gasteiger partial charge on any atom is 0.248 e. The van der Waals surface area contributed by atoms with Crippen LogP contribution in [0, 0.1) is 0 Å². The van der Waals surface area contributed by atoms with Gasteiger partial charge in [-0.2, -0.15) is 0 Å². The van der Waals surface area contributed by atoms with Gasteiger partial charge in [0.1, 0.15) is 5.82 Å². The minimum absolute atomic E-state index is 0.0462. The maximum atomic E-state index is 13.1. The van der Waals surface area contributed by atoms with Gasteiger partial charge in [-0.25, -0.2) is 13.8 Å². The van der Waals surface area contributed by atoms with Gasteiger partial charge in [-0.15, -0.1) is 0 Å². The topological polar surface area (TPSA) is 28.7 Å². The van der Waals surface area contributed by atoms with Gasteiger partial charge in [-0.05, 0) is 31.0 Å². The summed E-state index contributed by atoms with van der Waals surface area (Å²) in [6, 6.07) is 5.43. The first-order chi connectivity index (χ1) is 8.53. The van der Waals surface area contributed by atoms with Crippen molar-refractivity contribution in [3.8, 4) is 0 Å². The number of benzene rings is 1. The molecule has 18 heavy (non-hydrogen) atoms. The van der Waals surface area contributed by atoms with Crippen LogP contribution in [0.3, 0.4) is 0 Å². The van der Waals surface area contributed by atoms with Gasteiger partial charge in [0.05, 0.1) is 11.0 Å². The second-order valence-electron chi connectivity index (χ2n) is 4.91. The van der Waals surface area contributed by atoms with E-state index in [1.165, 1.54) is 0 Å². The monoisotopic (exact) mass is 270 g/mol. The third-order valence-corrected chi connectivity index (χ3v) is 3.80. The first-order valence-corrected chi connectivity index (χ1v) is 6.44. The van der Waals surface area contributed by atoms with Crippen LogP contribution < -0.4 is 0 Å².